The van der Waals surface area contributed by atoms with Crippen molar-refractivity contribution >= 4 is 21.8 Å². The third kappa shape index (κ3) is 2.60. The number of para-hydroxylation sites is 2. The normalized spacial score (nSPS) is 10.0. The number of aromatic nitrogens is 1. The predicted molar refractivity (Wildman–Crippen MR) is 72.0 cm³/mol. The second kappa shape index (κ2) is 5.41. The van der Waals surface area contributed by atoms with Gasteiger partial charge in [0, 0.05) is 17.4 Å². The lowest BCUT2D eigenvalue weighted by Gasteiger charge is -1.99. The molecule has 0 aliphatic rings. The van der Waals surface area contributed by atoms with E-state index >= 15 is 0 Å². The highest BCUT2D eigenvalue weighted by Crippen LogP contribution is 2.18. The predicted octanol–water partition coefficient (Wildman–Crippen LogP) is 3.39. The lowest BCUT2D eigenvalue weighted by molar-refractivity contribution is 0.318. The maximum Gasteiger partial charge on any atom is 0.0709 e. The van der Waals surface area contributed by atoms with E-state index in [9.17, 15) is 0 Å². The zero-order chi connectivity index (χ0) is 12.1. The Balaban J connectivity index is 0.000000329. The molecular formula is C15H15NO. The summed E-state index contributed by atoms with van der Waals surface area (Å²) < 4.78 is 0. The highest BCUT2D eigenvalue weighted by molar-refractivity contribution is 5.92. The van der Waals surface area contributed by atoms with Crippen molar-refractivity contribution < 1.29 is 5.11 Å². The molecule has 1 aromatic heterocycles. The average Bonchev–Trinajstić information content (AvgIpc) is 2.37. The van der Waals surface area contributed by atoms with E-state index in [1.54, 1.807) is 6.92 Å². The molecular weight excluding hydrogens is 210 g/mol. The summed E-state index contributed by atoms with van der Waals surface area (Å²) in [7, 11) is 0. The van der Waals surface area contributed by atoms with E-state index in [1.165, 1.54) is 10.8 Å². The third-order valence-corrected chi connectivity index (χ3v) is 2.43. The van der Waals surface area contributed by atoms with Crippen molar-refractivity contribution in [2.24, 2.45) is 0 Å². The standard InChI is InChI=1S/C13H9N.C2H6O/c1-3-7-12-10(5-1)9-11-6-2-4-8-13(11)14-12;1-2-3/h1-9H;3H,2H2,1H3. The van der Waals surface area contributed by atoms with Crippen LogP contribution in [0.1, 0.15) is 6.92 Å². The van der Waals surface area contributed by atoms with Gasteiger partial charge in [-0.1, -0.05) is 36.4 Å². The molecule has 0 spiro atoms. The van der Waals surface area contributed by atoms with Crippen molar-refractivity contribution in [3.05, 3.63) is 54.6 Å². The Kier molecular flexibility index (Phi) is 3.68. The number of hydrogen-bond acceptors (Lipinski definition) is 2. The highest BCUT2D eigenvalue weighted by atomic mass is 16.2. The van der Waals surface area contributed by atoms with Gasteiger partial charge < -0.3 is 5.11 Å². The topological polar surface area (TPSA) is 33.1 Å². The lowest BCUT2D eigenvalue weighted by Crippen LogP contribution is -1.80. The van der Waals surface area contributed by atoms with Gasteiger partial charge in [0.2, 0.25) is 0 Å². The summed E-state index contributed by atoms with van der Waals surface area (Å²) in [6, 6.07) is 18.6. The quantitative estimate of drug-likeness (QED) is 0.595. The molecule has 1 heterocycles. The Hall–Kier alpha value is -1.93. The van der Waals surface area contributed by atoms with Crippen LogP contribution in [0.2, 0.25) is 0 Å². The summed E-state index contributed by atoms with van der Waals surface area (Å²) in [5.74, 6) is 0. The zero-order valence-corrected chi connectivity index (χ0v) is 9.80. The minimum atomic E-state index is 0.250. The number of hydrogen-bond donors (Lipinski definition) is 1. The molecule has 0 aliphatic heterocycles. The van der Waals surface area contributed by atoms with Gasteiger partial charge in [-0.15, -0.1) is 0 Å². The number of benzene rings is 2. The second-order valence-corrected chi connectivity index (χ2v) is 3.69. The van der Waals surface area contributed by atoms with Gasteiger partial charge in [-0.25, -0.2) is 4.98 Å². The first-order valence-electron chi connectivity index (χ1n) is 5.70. The van der Waals surface area contributed by atoms with Gasteiger partial charge in [-0.2, -0.15) is 0 Å². The maximum absolute atomic E-state index is 7.57. The summed E-state index contributed by atoms with van der Waals surface area (Å²) in [5.41, 5.74) is 2.12. The van der Waals surface area contributed by atoms with E-state index in [1.807, 2.05) is 36.4 Å². The van der Waals surface area contributed by atoms with Crippen LogP contribution in [0, 0.1) is 0 Å². The highest BCUT2D eigenvalue weighted by Gasteiger charge is 1.96. The Labute approximate surface area is 101 Å². The van der Waals surface area contributed by atoms with Crippen LogP contribution < -0.4 is 0 Å². The Morgan fingerprint density at radius 3 is 1.76 bits per heavy atom. The van der Waals surface area contributed by atoms with Crippen LogP contribution in [-0.4, -0.2) is 16.7 Å². The molecule has 17 heavy (non-hydrogen) atoms. The average molecular weight is 225 g/mol. The van der Waals surface area contributed by atoms with Crippen molar-refractivity contribution in [3.8, 4) is 0 Å². The maximum atomic E-state index is 7.57. The molecule has 0 fully saturated rings. The second-order valence-electron chi connectivity index (χ2n) is 3.69. The van der Waals surface area contributed by atoms with Crippen molar-refractivity contribution in [1.29, 1.82) is 0 Å². The van der Waals surface area contributed by atoms with Gasteiger partial charge in [-0.3, -0.25) is 0 Å². The fourth-order valence-electron chi connectivity index (χ4n) is 1.72. The first-order valence-corrected chi connectivity index (χ1v) is 5.70. The van der Waals surface area contributed by atoms with Gasteiger partial charge >= 0.3 is 0 Å². The molecule has 0 saturated heterocycles. The minimum Gasteiger partial charge on any atom is -0.397 e. The lowest BCUT2D eigenvalue weighted by atomic mass is 10.1. The molecule has 2 aromatic carbocycles. The van der Waals surface area contributed by atoms with Crippen LogP contribution in [-0.2, 0) is 0 Å². The molecule has 0 saturated carbocycles. The Morgan fingerprint density at radius 1 is 0.882 bits per heavy atom. The summed E-state index contributed by atoms with van der Waals surface area (Å²) in [4.78, 5) is 4.58. The molecule has 3 rings (SSSR count). The van der Waals surface area contributed by atoms with Gasteiger partial charge in [-0.05, 0) is 25.1 Å². The molecule has 3 aromatic rings. The summed E-state index contributed by atoms with van der Waals surface area (Å²) in [6.45, 7) is 1.93. The molecule has 0 amide bonds. The third-order valence-electron chi connectivity index (χ3n) is 2.43. The molecule has 0 bridgehead atoms. The molecule has 86 valence electrons. The number of aliphatic hydroxyl groups excluding tert-OH is 1. The first-order chi connectivity index (χ1) is 8.35. The fourth-order valence-corrected chi connectivity index (χ4v) is 1.72. The molecule has 1 N–H and O–H groups in total. The van der Waals surface area contributed by atoms with E-state index in [-0.39, 0.29) is 6.61 Å². The van der Waals surface area contributed by atoms with E-state index in [4.69, 9.17) is 5.11 Å². The molecule has 0 aliphatic carbocycles. The number of nitrogens with zero attached hydrogens (tertiary/aromatic N) is 1. The Bertz CT molecular complexity index is 514. The molecule has 0 radical (unpaired) electrons. The molecule has 2 nitrogen and oxygen atoms in total. The SMILES string of the molecule is CCO.c1ccc2nc3ccccc3cc2c1. The van der Waals surface area contributed by atoms with E-state index < -0.39 is 0 Å². The van der Waals surface area contributed by atoms with Crippen LogP contribution in [0.15, 0.2) is 54.6 Å². The van der Waals surface area contributed by atoms with Crippen LogP contribution in [0.25, 0.3) is 21.8 Å². The van der Waals surface area contributed by atoms with E-state index in [0.29, 0.717) is 0 Å². The molecule has 0 unspecified atom stereocenters. The van der Waals surface area contributed by atoms with Crippen molar-refractivity contribution in [1.82, 2.24) is 4.98 Å². The summed E-state index contributed by atoms with van der Waals surface area (Å²) >= 11 is 0. The Morgan fingerprint density at radius 2 is 1.29 bits per heavy atom. The van der Waals surface area contributed by atoms with Gasteiger partial charge in [0.15, 0.2) is 0 Å². The molecule has 2 heteroatoms. The fraction of sp³-hybridized carbons (Fsp3) is 0.133. The van der Waals surface area contributed by atoms with Crippen LogP contribution in [0.5, 0.6) is 0 Å². The van der Waals surface area contributed by atoms with Crippen molar-refractivity contribution in [2.75, 3.05) is 6.61 Å². The van der Waals surface area contributed by atoms with E-state index in [0.717, 1.165) is 11.0 Å². The zero-order valence-electron chi connectivity index (χ0n) is 9.80. The van der Waals surface area contributed by atoms with Crippen molar-refractivity contribution in [2.45, 2.75) is 6.92 Å². The number of pyridine rings is 1. The van der Waals surface area contributed by atoms with Crippen LogP contribution in [0.3, 0.4) is 0 Å². The van der Waals surface area contributed by atoms with Crippen LogP contribution in [0.4, 0.5) is 0 Å². The van der Waals surface area contributed by atoms with Crippen LogP contribution >= 0.6 is 0 Å². The van der Waals surface area contributed by atoms with E-state index in [2.05, 4.69) is 23.2 Å². The smallest absolute Gasteiger partial charge is 0.0709 e. The van der Waals surface area contributed by atoms with Crippen molar-refractivity contribution in [3.63, 3.8) is 0 Å². The van der Waals surface area contributed by atoms with Gasteiger partial charge in [0.25, 0.3) is 0 Å². The minimum absolute atomic E-state index is 0.250. The largest absolute Gasteiger partial charge is 0.397 e. The molecule has 0 atom stereocenters. The summed E-state index contributed by atoms with van der Waals surface area (Å²) in [5, 5.41) is 9.97. The number of fused-ring (bicyclic) bond motifs is 2. The number of rotatable bonds is 0. The summed E-state index contributed by atoms with van der Waals surface area (Å²) in [6.07, 6.45) is 0. The first kappa shape index (κ1) is 11.6. The monoisotopic (exact) mass is 225 g/mol. The number of aliphatic hydroxyl groups is 1. The van der Waals surface area contributed by atoms with Gasteiger partial charge in [0.1, 0.15) is 0 Å². The van der Waals surface area contributed by atoms with Gasteiger partial charge in [0.05, 0.1) is 11.0 Å².